The highest BCUT2D eigenvalue weighted by molar-refractivity contribution is 5.97. The Bertz CT molecular complexity index is 1820. The number of phenolic OH excluding ortho intramolecular Hbond substituents is 1. The first-order chi connectivity index (χ1) is 25.4. The molecule has 4 atom stereocenters. The molecule has 1 aliphatic rings. The molecule has 53 heavy (non-hydrogen) atoms. The first-order valence-electron chi connectivity index (χ1n) is 17.2. The van der Waals surface area contributed by atoms with Crippen molar-refractivity contribution in [2.24, 2.45) is 32.9 Å². The number of carbonyl (C=O) groups excluding carboxylic acids is 5. The summed E-state index contributed by atoms with van der Waals surface area (Å²) in [4.78, 5) is 76.4. The Balaban J connectivity index is 1.68. The normalized spacial score (nSPS) is 20.0. The van der Waals surface area contributed by atoms with Crippen LogP contribution >= 0.6 is 0 Å². The zero-order valence-corrected chi connectivity index (χ0v) is 29.2. The summed E-state index contributed by atoms with van der Waals surface area (Å²) in [5.74, 6) is -3.66. The minimum absolute atomic E-state index is 0.00775. The zero-order chi connectivity index (χ0) is 38.3. The Morgan fingerprint density at radius 3 is 1.68 bits per heavy atom. The number of nitrogens with two attached hydrogens (primary N) is 4. The van der Waals surface area contributed by atoms with Crippen molar-refractivity contribution >= 4 is 52.2 Å². The van der Waals surface area contributed by atoms with Crippen molar-refractivity contribution in [1.29, 1.82) is 0 Å². The van der Waals surface area contributed by atoms with Crippen LogP contribution in [0, 0.1) is 0 Å². The molecule has 5 amide bonds. The van der Waals surface area contributed by atoms with Gasteiger partial charge in [-0.15, -0.1) is 0 Å². The van der Waals surface area contributed by atoms with E-state index < -0.39 is 60.2 Å². The molecule has 1 saturated heterocycles. The molecule has 0 unspecified atom stereocenters. The van der Waals surface area contributed by atoms with Gasteiger partial charge in [0.15, 0.2) is 11.9 Å². The highest BCUT2D eigenvalue weighted by Crippen LogP contribution is 2.17. The Morgan fingerprint density at radius 2 is 1.09 bits per heavy atom. The second-order valence-electron chi connectivity index (χ2n) is 12.7. The molecular formula is C36H47N11O6. The van der Waals surface area contributed by atoms with Crippen molar-refractivity contribution in [3.05, 3.63) is 77.9 Å². The van der Waals surface area contributed by atoms with Crippen LogP contribution in [0.4, 0.5) is 0 Å². The summed E-state index contributed by atoms with van der Waals surface area (Å²) in [5.41, 5.74) is 23.2. The zero-order valence-electron chi connectivity index (χ0n) is 29.2. The molecule has 14 N–H and O–H groups in total. The standard InChI is InChI=1S/C36H47N11O6/c37-35(38)41-15-3-7-26-32(51)45-27(8-4-16-42-36(39)40)33(52)47-28(18-21-10-13-25(48)14-11-21)31(50)43-20-30(49)44-29(34(53)46-26)19-22-9-12-23-5-1-2-6-24(23)17-22/h1-2,5-6,9-14,17,26-29,48H,3-4,7-8,15-16,18-20H2,(H,43,50)(H,44,49)(H,45,51)(H,46,53)(H,47,52)(H4,37,38,41)(H4,39,40,42)/t26-,27+,28+,29+/m1/s1. The van der Waals surface area contributed by atoms with E-state index in [4.69, 9.17) is 22.9 Å². The number of hydrogen-bond acceptors (Lipinski definition) is 8. The van der Waals surface area contributed by atoms with Crippen molar-refractivity contribution < 1.29 is 29.1 Å². The number of nitrogens with one attached hydrogen (secondary N) is 5. The molecule has 1 fully saturated rings. The highest BCUT2D eigenvalue weighted by atomic mass is 16.3. The van der Waals surface area contributed by atoms with Crippen molar-refractivity contribution in [2.75, 3.05) is 19.6 Å². The third-order valence-corrected chi connectivity index (χ3v) is 8.49. The van der Waals surface area contributed by atoms with E-state index in [1.165, 1.54) is 12.1 Å². The van der Waals surface area contributed by atoms with Crippen molar-refractivity contribution in [3.8, 4) is 5.75 Å². The Labute approximate surface area is 306 Å². The lowest BCUT2D eigenvalue weighted by atomic mass is 10.0. The fourth-order valence-corrected chi connectivity index (χ4v) is 5.79. The number of aliphatic imine (C=N–C) groups is 2. The minimum atomic E-state index is -1.19. The van der Waals surface area contributed by atoms with Crippen LogP contribution in [0.2, 0.25) is 0 Å². The number of nitrogens with zero attached hydrogens (tertiary/aromatic N) is 2. The third kappa shape index (κ3) is 12.7. The largest absolute Gasteiger partial charge is 0.508 e. The van der Waals surface area contributed by atoms with Gasteiger partial charge in [-0.05, 0) is 59.7 Å². The summed E-state index contributed by atoms with van der Waals surface area (Å²) in [6, 6.07) is 14.7. The fraction of sp³-hybridized carbons (Fsp3) is 0.361. The van der Waals surface area contributed by atoms with Gasteiger partial charge in [-0.25, -0.2) is 0 Å². The smallest absolute Gasteiger partial charge is 0.243 e. The highest BCUT2D eigenvalue weighted by Gasteiger charge is 2.32. The van der Waals surface area contributed by atoms with E-state index in [1.54, 1.807) is 12.1 Å². The molecular weight excluding hydrogens is 682 g/mol. The molecule has 17 nitrogen and oxygen atoms in total. The van der Waals surface area contributed by atoms with Gasteiger partial charge in [0.25, 0.3) is 0 Å². The topological polar surface area (TPSA) is 295 Å². The molecule has 0 aromatic heterocycles. The number of guanidine groups is 2. The van der Waals surface area contributed by atoms with Gasteiger partial charge in [0.1, 0.15) is 29.9 Å². The summed E-state index contributed by atoms with van der Waals surface area (Å²) >= 11 is 0. The van der Waals surface area contributed by atoms with Crippen LogP contribution in [0.25, 0.3) is 10.8 Å². The monoisotopic (exact) mass is 729 g/mol. The average molecular weight is 730 g/mol. The lowest BCUT2D eigenvalue weighted by Crippen LogP contribution is -2.58. The lowest BCUT2D eigenvalue weighted by molar-refractivity contribution is -0.134. The van der Waals surface area contributed by atoms with E-state index in [0.717, 1.165) is 16.3 Å². The second-order valence-corrected chi connectivity index (χ2v) is 12.7. The summed E-state index contributed by atoms with van der Waals surface area (Å²) in [6.07, 6.45) is 0.769. The van der Waals surface area contributed by atoms with E-state index in [0.29, 0.717) is 5.56 Å². The number of aromatic hydroxyl groups is 1. The minimum Gasteiger partial charge on any atom is -0.508 e. The molecule has 1 aliphatic heterocycles. The van der Waals surface area contributed by atoms with Gasteiger partial charge in [0, 0.05) is 25.9 Å². The second kappa shape index (κ2) is 19.3. The van der Waals surface area contributed by atoms with Crippen molar-refractivity contribution in [3.63, 3.8) is 0 Å². The predicted molar refractivity (Wildman–Crippen MR) is 200 cm³/mol. The maximum atomic E-state index is 13.9. The van der Waals surface area contributed by atoms with E-state index in [2.05, 4.69) is 36.6 Å². The van der Waals surface area contributed by atoms with Gasteiger partial charge in [-0.3, -0.25) is 34.0 Å². The van der Waals surface area contributed by atoms with Crippen LogP contribution in [0.15, 0.2) is 76.7 Å². The number of phenols is 1. The number of fused-ring (bicyclic) bond motifs is 1. The van der Waals surface area contributed by atoms with E-state index >= 15 is 0 Å². The van der Waals surface area contributed by atoms with Gasteiger partial charge in [-0.1, -0.05) is 54.6 Å². The summed E-state index contributed by atoms with van der Waals surface area (Å²) in [6.45, 7) is -0.194. The summed E-state index contributed by atoms with van der Waals surface area (Å²) in [7, 11) is 0. The molecule has 0 aliphatic carbocycles. The van der Waals surface area contributed by atoms with Crippen molar-refractivity contribution in [2.45, 2.75) is 62.7 Å². The molecule has 17 heteroatoms. The van der Waals surface area contributed by atoms with Gasteiger partial charge < -0.3 is 54.6 Å². The van der Waals surface area contributed by atoms with Crippen LogP contribution in [-0.2, 0) is 36.8 Å². The first-order valence-corrected chi connectivity index (χ1v) is 17.2. The molecule has 282 valence electrons. The number of benzene rings is 3. The lowest BCUT2D eigenvalue weighted by Gasteiger charge is -2.26. The van der Waals surface area contributed by atoms with Gasteiger partial charge >= 0.3 is 0 Å². The van der Waals surface area contributed by atoms with Gasteiger partial charge in [-0.2, -0.15) is 0 Å². The van der Waals surface area contributed by atoms with E-state index in [1.807, 2.05) is 42.5 Å². The maximum absolute atomic E-state index is 13.9. The SMILES string of the molecule is NC(N)=NCCC[C@@H]1NC(=O)[C@@H](CCCN=C(N)N)NC(=O)[C@H](Cc2ccc3ccccc3c2)NC(=O)CNC(=O)[C@H](Cc2ccc(O)cc2)NC1=O. The molecule has 3 aromatic rings. The molecule has 3 aromatic carbocycles. The van der Waals surface area contributed by atoms with Crippen LogP contribution in [0.3, 0.4) is 0 Å². The summed E-state index contributed by atoms with van der Waals surface area (Å²) in [5, 5.41) is 25.1. The predicted octanol–water partition coefficient (Wildman–Crippen LogP) is -1.49. The quantitative estimate of drug-likeness (QED) is 0.0585. The van der Waals surface area contributed by atoms with Gasteiger partial charge in [0.05, 0.1) is 6.54 Å². The molecule has 0 saturated carbocycles. The molecule has 1 heterocycles. The Kier molecular flexibility index (Phi) is 14.3. The Morgan fingerprint density at radius 1 is 0.604 bits per heavy atom. The molecule has 0 spiro atoms. The summed E-state index contributed by atoms with van der Waals surface area (Å²) < 4.78 is 0. The number of amides is 5. The van der Waals surface area contributed by atoms with Crippen LogP contribution < -0.4 is 49.5 Å². The first kappa shape index (κ1) is 39.4. The van der Waals surface area contributed by atoms with Crippen molar-refractivity contribution in [1.82, 2.24) is 26.6 Å². The third-order valence-electron chi connectivity index (χ3n) is 8.49. The number of rotatable bonds is 12. The molecule has 0 bridgehead atoms. The van der Waals surface area contributed by atoms with Gasteiger partial charge in [0.2, 0.25) is 29.5 Å². The van der Waals surface area contributed by atoms with Crippen LogP contribution in [-0.4, -0.2) is 90.4 Å². The fourth-order valence-electron chi connectivity index (χ4n) is 5.79. The number of hydrogen-bond donors (Lipinski definition) is 10. The molecule has 0 radical (unpaired) electrons. The number of carbonyl (C=O) groups is 5. The maximum Gasteiger partial charge on any atom is 0.243 e. The molecule has 4 rings (SSSR count). The van der Waals surface area contributed by atoms with E-state index in [9.17, 15) is 29.1 Å². The van der Waals surface area contributed by atoms with Crippen LogP contribution in [0.5, 0.6) is 5.75 Å². The van der Waals surface area contributed by atoms with Crippen LogP contribution in [0.1, 0.15) is 36.8 Å². The Hall–Kier alpha value is -6.39. The average Bonchev–Trinajstić information content (AvgIpc) is 3.12. The van der Waals surface area contributed by atoms with E-state index in [-0.39, 0.29) is 69.3 Å².